The molecule has 0 amide bonds. The highest BCUT2D eigenvalue weighted by molar-refractivity contribution is 7.98. The molecule has 0 aromatic heterocycles. The normalized spacial score (nSPS) is 17.6. The number of hydrazine groups is 1. The summed E-state index contributed by atoms with van der Waals surface area (Å²) >= 11 is 1.54. The van der Waals surface area contributed by atoms with Crippen molar-refractivity contribution in [3.63, 3.8) is 0 Å². The molecule has 29 heavy (non-hydrogen) atoms. The van der Waals surface area contributed by atoms with Gasteiger partial charge in [-0.05, 0) is 49.8 Å². The molecule has 10 heteroatoms. The maximum atomic E-state index is 11.2. The SMILES string of the molecule is CSCC[C@H](NN[C@@H](Cc1ccccc1)C(=O)O)C(=O)O.O=C(O)[C@@H]1CCCN1. The molecule has 1 heterocycles. The van der Waals surface area contributed by atoms with Crippen LogP contribution in [0.3, 0.4) is 0 Å². The number of carboxylic acids is 3. The Balaban J connectivity index is 0.000000436. The molecule has 3 atom stereocenters. The van der Waals surface area contributed by atoms with Crippen molar-refractivity contribution in [1.82, 2.24) is 16.2 Å². The first kappa shape index (κ1) is 24.9. The number of thioether (sulfide) groups is 1. The Hall–Kier alpha value is -2.14. The molecule has 1 aliphatic rings. The maximum absolute atomic E-state index is 11.2. The fourth-order valence-electron chi connectivity index (χ4n) is 2.64. The lowest BCUT2D eigenvalue weighted by Crippen LogP contribution is -2.53. The van der Waals surface area contributed by atoms with Crippen LogP contribution in [0, 0.1) is 0 Å². The van der Waals surface area contributed by atoms with Crippen LogP contribution >= 0.6 is 11.8 Å². The third kappa shape index (κ3) is 10.3. The van der Waals surface area contributed by atoms with Crippen molar-refractivity contribution in [2.45, 2.75) is 43.8 Å². The fourth-order valence-corrected chi connectivity index (χ4v) is 3.11. The van der Waals surface area contributed by atoms with E-state index in [4.69, 9.17) is 10.2 Å². The monoisotopic (exact) mass is 427 g/mol. The van der Waals surface area contributed by atoms with Gasteiger partial charge in [0.25, 0.3) is 0 Å². The van der Waals surface area contributed by atoms with Crippen LogP contribution in [0.5, 0.6) is 0 Å². The molecule has 1 saturated heterocycles. The second kappa shape index (κ2) is 13.9. The van der Waals surface area contributed by atoms with Crippen molar-refractivity contribution < 1.29 is 29.7 Å². The van der Waals surface area contributed by atoms with Crippen molar-refractivity contribution in [3.05, 3.63) is 35.9 Å². The molecule has 0 unspecified atom stereocenters. The van der Waals surface area contributed by atoms with Crippen molar-refractivity contribution in [1.29, 1.82) is 0 Å². The summed E-state index contributed by atoms with van der Waals surface area (Å²) in [6, 6.07) is 7.22. The Morgan fingerprint density at radius 3 is 2.17 bits per heavy atom. The summed E-state index contributed by atoms with van der Waals surface area (Å²) in [7, 11) is 0. The Kier molecular flexibility index (Phi) is 12.0. The molecule has 1 fully saturated rings. The number of hydrogen-bond acceptors (Lipinski definition) is 7. The highest BCUT2D eigenvalue weighted by Gasteiger charge is 2.22. The molecule has 0 bridgehead atoms. The van der Waals surface area contributed by atoms with E-state index in [1.54, 1.807) is 11.8 Å². The average molecular weight is 428 g/mol. The minimum absolute atomic E-state index is 0.269. The number of carboxylic acid groups (broad SMARTS) is 3. The molecule has 0 aliphatic carbocycles. The third-order valence-electron chi connectivity index (χ3n) is 4.28. The quantitative estimate of drug-likeness (QED) is 0.280. The molecular formula is C19H29N3O6S. The molecule has 1 aromatic rings. The number of nitrogens with one attached hydrogen (secondary N) is 3. The minimum atomic E-state index is -1.03. The van der Waals surface area contributed by atoms with E-state index in [2.05, 4.69) is 16.2 Å². The number of aliphatic carboxylic acids is 3. The highest BCUT2D eigenvalue weighted by Crippen LogP contribution is 2.05. The van der Waals surface area contributed by atoms with Gasteiger partial charge in [0, 0.05) is 0 Å². The van der Waals surface area contributed by atoms with Gasteiger partial charge >= 0.3 is 17.9 Å². The number of benzene rings is 1. The molecule has 2 rings (SSSR count). The zero-order valence-corrected chi connectivity index (χ0v) is 17.2. The number of rotatable bonds is 11. The number of hydrogen-bond donors (Lipinski definition) is 6. The van der Waals surface area contributed by atoms with Crippen LogP contribution < -0.4 is 16.2 Å². The smallest absolute Gasteiger partial charge is 0.322 e. The summed E-state index contributed by atoms with van der Waals surface area (Å²) in [5.74, 6) is -2.06. The Morgan fingerprint density at radius 1 is 1.10 bits per heavy atom. The molecule has 162 valence electrons. The van der Waals surface area contributed by atoms with Gasteiger partial charge in [0.15, 0.2) is 0 Å². The van der Waals surface area contributed by atoms with Crippen LogP contribution in [0.25, 0.3) is 0 Å². The van der Waals surface area contributed by atoms with Crippen molar-refractivity contribution in [2.75, 3.05) is 18.6 Å². The van der Waals surface area contributed by atoms with Crippen LogP contribution in [0.2, 0.25) is 0 Å². The fraction of sp³-hybridized carbons (Fsp3) is 0.526. The van der Waals surface area contributed by atoms with Crippen molar-refractivity contribution >= 4 is 29.7 Å². The van der Waals surface area contributed by atoms with Gasteiger partial charge in [-0.25, -0.2) is 10.9 Å². The lowest BCUT2D eigenvalue weighted by atomic mass is 10.1. The van der Waals surface area contributed by atoms with E-state index >= 15 is 0 Å². The van der Waals surface area contributed by atoms with E-state index in [9.17, 15) is 19.5 Å². The first-order chi connectivity index (χ1) is 13.8. The lowest BCUT2D eigenvalue weighted by Gasteiger charge is -2.19. The largest absolute Gasteiger partial charge is 0.480 e. The highest BCUT2D eigenvalue weighted by atomic mass is 32.2. The van der Waals surface area contributed by atoms with Gasteiger partial charge in [0.1, 0.15) is 18.1 Å². The molecular weight excluding hydrogens is 398 g/mol. The molecule has 6 N–H and O–H groups in total. The Labute approximate surface area is 174 Å². The van der Waals surface area contributed by atoms with Gasteiger partial charge in [-0.1, -0.05) is 30.3 Å². The maximum Gasteiger partial charge on any atom is 0.322 e. The van der Waals surface area contributed by atoms with Gasteiger partial charge in [0.2, 0.25) is 0 Å². The summed E-state index contributed by atoms with van der Waals surface area (Å²) in [4.78, 5) is 32.5. The van der Waals surface area contributed by atoms with Gasteiger partial charge in [-0.15, -0.1) is 0 Å². The summed E-state index contributed by atoms with van der Waals surface area (Å²) in [5, 5.41) is 29.5. The lowest BCUT2D eigenvalue weighted by molar-refractivity contribution is -0.143. The van der Waals surface area contributed by atoms with Crippen LogP contribution in [0.15, 0.2) is 30.3 Å². The summed E-state index contributed by atoms with van der Waals surface area (Å²) < 4.78 is 0. The van der Waals surface area contributed by atoms with Crippen LogP contribution in [0.4, 0.5) is 0 Å². The van der Waals surface area contributed by atoms with Gasteiger partial charge in [-0.3, -0.25) is 14.4 Å². The second-order valence-electron chi connectivity index (χ2n) is 6.53. The predicted octanol–water partition coefficient (Wildman–Crippen LogP) is 0.806. The van der Waals surface area contributed by atoms with Gasteiger partial charge in [0.05, 0.1) is 0 Å². The molecule has 0 spiro atoms. The van der Waals surface area contributed by atoms with E-state index in [1.165, 1.54) is 0 Å². The van der Waals surface area contributed by atoms with E-state index in [-0.39, 0.29) is 12.5 Å². The first-order valence-corrected chi connectivity index (χ1v) is 10.7. The van der Waals surface area contributed by atoms with E-state index in [0.717, 1.165) is 24.9 Å². The van der Waals surface area contributed by atoms with Crippen molar-refractivity contribution in [2.24, 2.45) is 0 Å². The zero-order chi connectivity index (χ0) is 21.6. The van der Waals surface area contributed by atoms with Crippen LogP contribution in [-0.4, -0.2) is 69.9 Å². The zero-order valence-electron chi connectivity index (χ0n) is 16.3. The van der Waals surface area contributed by atoms with E-state index in [1.807, 2.05) is 36.6 Å². The molecule has 9 nitrogen and oxygen atoms in total. The van der Waals surface area contributed by atoms with E-state index in [0.29, 0.717) is 12.2 Å². The summed E-state index contributed by atoms with van der Waals surface area (Å²) in [6.07, 6.45) is 4.37. The first-order valence-electron chi connectivity index (χ1n) is 9.30. The van der Waals surface area contributed by atoms with Crippen LogP contribution in [-0.2, 0) is 20.8 Å². The molecule has 0 radical (unpaired) electrons. The van der Waals surface area contributed by atoms with Gasteiger partial charge in [-0.2, -0.15) is 11.8 Å². The topological polar surface area (TPSA) is 148 Å². The Morgan fingerprint density at radius 2 is 1.72 bits per heavy atom. The average Bonchev–Trinajstić information content (AvgIpc) is 3.23. The molecule has 0 saturated carbocycles. The predicted molar refractivity (Wildman–Crippen MR) is 111 cm³/mol. The Bertz CT molecular complexity index is 640. The third-order valence-corrected chi connectivity index (χ3v) is 4.92. The van der Waals surface area contributed by atoms with Crippen molar-refractivity contribution in [3.8, 4) is 0 Å². The van der Waals surface area contributed by atoms with Crippen LogP contribution in [0.1, 0.15) is 24.8 Å². The molecule has 1 aromatic carbocycles. The minimum Gasteiger partial charge on any atom is -0.480 e. The standard InChI is InChI=1S/C14H20N2O4S.C5H9NO2/c1-21-8-7-11(13(17)18)15-16-12(14(19)20)9-10-5-3-2-4-6-10;7-5(8)4-2-1-3-6-4/h2-6,11-12,15-16H,7-9H2,1H3,(H,17,18)(H,19,20);4,6H,1-3H2,(H,7,8)/t11-,12-;4-/m00/s1. The second-order valence-corrected chi connectivity index (χ2v) is 7.51. The summed E-state index contributed by atoms with van der Waals surface area (Å²) in [5.41, 5.74) is 6.10. The number of carbonyl (C=O) groups is 3. The molecule has 1 aliphatic heterocycles. The van der Waals surface area contributed by atoms with E-state index < -0.39 is 30.0 Å². The van der Waals surface area contributed by atoms with Gasteiger partial charge < -0.3 is 20.6 Å². The summed E-state index contributed by atoms with van der Waals surface area (Å²) in [6.45, 7) is 0.858.